The normalized spacial score (nSPS) is 14.2. The van der Waals surface area contributed by atoms with Gasteiger partial charge in [-0.1, -0.05) is 129 Å². The Balaban J connectivity index is -0.00000230. The zero-order valence-corrected chi connectivity index (χ0v) is 34.4. The number of likely N-dealkylation sites (N-methyl/N-ethyl adjacent to an activating group) is 1. The molecule has 0 saturated heterocycles. The lowest BCUT2D eigenvalue weighted by Crippen LogP contribution is -2.20. The van der Waals surface area contributed by atoms with E-state index in [9.17, 15) is 4.79 Å². The zero-order chi connectivity index (χ0) is 37.8. The van der Waals surface area contributed by atoms with Gasteiger partial charge in [-0.25, -0.2) is 0 Å². The lowest BCUT2D eigenvalue weighted by Gasteiger charge is -2.27. The molecule has 0 aliphatic rings. The second-order valence-corrected chi connectivity index (χ2v) is 14.2. The molecule has 5 atom stereocenters. The minimum Gasteiger partial charge on any atom is -0.376 e. The molecule has 0 spiro atoms. The van der Waals surface area contributed by atoms with Crippen LogP contribution < -0.4 is 10.6 Å². The minimum atomic E-state index is 0.250. The highest BCUT2D eigenvalue weighted by atomic mass is 35.5. The van der Waals surface area contributed by atoms with Gasteiger partial charge in [-0.15, -0.1) is 0 Å². The third-order valence-electron chi connectivity index (χ3n) is 8.41. The Hall–Kier alpha value is -2.37. The van der Waals surface area contributed by atoms with Crippen molar-refractivity contribution >= 4 is 30.0 Å². The first-order valence-corrected chi connectivity index (χ1v) is 18.7. The summed E-state index contributed by atoms with van der Waals surface area (Å²) in [6, 6.07) is 4.47. The Morgan fingerprint density at radius 3 is 2.02 bits per heavy atom. The molecule has 0 fully saturated rings. The predicted molar refractivity (Wildman–Crippen MR) is 216 cm³/mol. The van der Waals surface area contributed by atoms with E-state index in [1.807, 2.05) is 13.8 Å². The first kappa shape index (κ1) is 50.0. The average Bonchev–Trinajstić information content (AvgIpc) is 3.01. The summed E-state index contributed by atoms with van der Waals surface area (Å²) in [5.41, 5.74) is 10.4. The molecule has 5 unspecified atom stereocenters. The van der Waals surface area contributed by atoms with Gasteiger partial charge in [0.25, 0.3) is 0 Å². The number of nitrogens with two attached hydrogens (primary N) is 1. The molecule has 1 aromatic carbocycles. The number of aldehydes is 1. The number of hydrogen-bond donors (Lipinski definition) is 1. The van der Waals surface area contributed by atoms with Gasteiger partial charge >= 0.3 is 0 Å². The van der Waals surface area contributed by atoms with Gasteiger partial charge in [0.05, 0.1) is 10.7 Å². The van der Waals surface area contributed by atoms with Gasteiger partial charge in [-0.05, 0) is 99.9 Å². The SMILES string of the molecule is C=C(CC(CC=O)C(C)CC(C)CCC(C)C(C)/C=C/C=C(\C)Cc1cc(CC)c(Cl)c(N(C)C)c1)CN(C)C.CC.CCC.NC=O. The number of halogens is 1. The number of allylic oxidation sites excluding steroid dienone is 4. The van der Waals surface area contributed by atoms with E-state index in [0.29, 0.717) is 36.0 Å². The number of aryl methyl sites for hydroxylation is 1. The second kappa shape index (κ2) is 30.7. The molecule has 278 valence electrons. The molecule has 0 heterocycles. The number of carbonyl (C=O) groups is 2. The summed E-state index contributed by atoms with van der Waals surface area (Å²) in [5, 5.41) is 0.871. The van der Waals surface area contributed by atoms with Crippen LogP contribution in [0.5, 0.6) is 0 Å². The van der Waals surface area contributed by atoms with E-state index in [-0.39, 0.29) is 6.41 Å². The molecule has 5 nitrogen and oxygen atoms in total. The third kappa shape index (κ3) is 23.9. The zero-order valence-electron chi connectivity index (χ0n) is 33.7. The van der Waals surface area contributed by atoms with E-state index in [4.69, 9.17) is 16.4 Å². The van der Waals surface area contributed by atoms with Crippen LogP contribution in [-0.2, 0) is 22.4 Å². The van der Waals surface area contributed by atoms with Crippen LogP contribution in [0.15, 0.2) is 48.1 Å². The Morgan fingerprint density at radius 2 is 1.54 bits per heavy atom. The lowest BCUT2D eigenvalue weighted by atomic mass is 9.79. The number of amides is 1. The average molecular weight is 691 g/mol. The van der Waals surface area contributed by atoms with E-state index < -0.39 is 0 Å². The topological polar surface area (TPSA) is 66.6 Å². The van der Waals surface area contributed by atoms with Crippen LogP contribution in [0.1, 0.15) is 119 Å². The van der Waals surface area contributed by atoms with Crippen molar-refractivity contribution in [1.29, 1.82) is 0 Å². The largest absolute Gasteiger partial charge is 0.376 e. The van der Waals surface area contributed by atoms with Crippen molar-refractivity contribution in [3.05, 3.63) is 64.2 Å². The third-order valence-corrected chi connectivity index (χ3v) is 8.85. The summed E-state index contributed by atoms with van der Waals surface area (Å²) < 4.78 is 0. The van der Waals surface area contributed by atoms with Gasteiger partial charge in [0, 0.05) is 27.1 Å². The molecule has 0 saturated carbocycles. The van der Waals surface area contributed by atoms with Crippen LogP contribution in [-0.4, -0.2) is 52.3 Å². The quantitative estimate of drug-likeness (QED) is 0.0892. The van der Waals surface area contributed by atoms with Crippen molar-refractivity contribution in [2.75, 3.05) is 39.6 Å². The van der Waals surface area contributed by atoms with E-state index in [2.05, 4.69) is 136 Å². The first-order valence-electron chi connectivity index (χ1n) is 18.3. The van der Waals surface area contributed by atoms with E-state index in [1.54, 1.807) is 0 Å². The maximum Gasteiger partial charge on any atom is 0.204 e. The number of rotatable bonds is 19. The molecule has 1 amide bonds. The lowest BCUT2D eigenvalue weighted by molar-refractivity contribution is -0.109. The number of hydrogen-bond acceptors (Lipinski definition) is 4. The number of primary amides is 1. The number of benzene rings is 1. The fourth-order valence-electron chi connectivity index (χ4n) is 5.66. The molecule has 0 aliphatic carbocycles. The maximum absolute atomic E-state index is 11.3. The van der Waals surface area contributed by atoms with Crippen LogP contribution in [0, 0.1) is 29.6 Å². The maximum atomic E-state index is 11.3. The number of anilines is 1. The fraction of sp³-hybridized carbons (Fsp3) is 0.667. The predicted octanol–water partition coefficient (Wildman–Crippen LogP) is 11.0. The summed E-state index contributed by atoms with van der Waals surface area (Å²) in [6.07, 6.45) is 16.6. The van der Waals surface area contributed by atoms with Crippen molar-refractivity contribution in [2.24, 2.45) is 35.3 Å². The molecule has 0 aromatic heterocycles. The summed E-state index contributed by atoms with van der Waals surface area (Å²) >= 11 is 6.60. The number of nitrogens with zero attached hydrogens (tertiary/aromatic N) is 2. The smallest absolute Gasteiger partial charge is 0.204 e. The summed E-state index contributed by atoms with van der Waals surface area (Å²) in [6.45, 7) is 27.2. The van der Waals surface area contributed by atoms with Gasteiger partial charge in [-0.2, -0.15) is 0 Å². The molecule has 0 aliphatic heterocycles. The second-order valence-electron chi connectivity index (χ2n) is 13.8. The summed E-state index contributed by atoms with van der Waals surface area (Å²) in [5.74, 6) is 2.76. The van der Waals surface area contributed by atoms with Crippen LogP contribution in [0.3, 0.4) is 0 Å². The first-order chi connectivity index (χ1) is 22.6. The van der Waals surface area contributed by atoms with E-state index in [1.165, 1.54) is 48.0 Å². The van der Waals surface area contributed by atoms with Crippen molar-refractivity contribution in [1.82, 2.24) is 4.90 Å². The highest BCUT2D eigenvalue weighted by molar-refractivity contribution is 6.34. The standard InChI is InChI=1S/C36H59ClN2O.C3H8.C2H6.CH3NO/c1-12-33-23-32(24-35(36(33)37)39(10)11)21-26(2)14-13-15-29(5)30(6)17-16-27(3)20-31(7)34(18-19-40)22-28(4)25-38(8)9;1-3-2;1-2;2-1-3/h13-15,19,23-24,27,29-31,34H,4,12,16-18,20-22,25H2,1-3,5-11H3;3H2,1-2H3;1-2H3;1H,(H2,2,3)/b15-13+,26-14+;;;. The molecule has 6 heteroatoms. The van der Waals surface area contributed by atoms with Crippen LogP contribution >= 0.6 is 11.6 Å². The number of carbonyl (C=O) groups excluding carboxylic acids is 2. The Labute approximate surface area is 303 Å². The Morgan fingerprint density at radius 1 is 0.979 bits per heavy atom. The summed E-state index contributed by atoms with van der Waals surface area (Å²) in [7, 11) is 8.25. The molecule has 1 rings (SSSR count). The van der Waals surface area contributed by atoms with Gasteiger partial charge in [0.2, 0.25) is 6.41 Å². The molecule has 48 heavy (non-hydrogen) atoms. The highest BCUT2D eigenvalue weighted by Crippen LogP contribution is 2.32. The van der Waals surface area contributed by atoms with Gasteiger partial charge in [-0.3, -0.25) is 4.79 Å². The van der Waals surface area contributed by atoms with Crippen molar-refractivity contribution in [2.45, 2.75) is 121 Å². The fourth-order valence-corrected chi connectivity index (χ4v) is 6.07. The molecular formula is C42H76ClN3O2. The minimum absolute atomic E-state index is 0.250. The van der Waals surface area contributed by atoms with Gasteiger partial charge in [0.1, 0.15) is 6.29 Å². The van der Waals surface area contributed by atoms with Gasteiger partial charge < -0.3 is 20.3 Å². The Kier molecular flexibility index (Phi) is 32.0. The monoisotopic (exact) mass is 690 g/mol. The Bertz CT molecular complexity index is 1050. The molecule has 1 aromatic rings. The molecule has 0 radical (unpaired) electrons. The van der Waals surface area contributed by atoms with Gasteiger partial charge in [0.15, 0.2) is 0 Å². The molecule has 0 bridgehead atoms. The van der Waals surface area contributed by atoms with E-state index in [0.717, 1.165) is 42.8 Å². The van der Waals surface area contributed by atoms with Crippen LogP contribution in [0.25, 0.3) is 0 Å². The highest BCUT2D eigenvalue weighted by Gasteiger charge is 2.21. The van der Waals surface area contributed by atoms with E-state index >= 15 is 0 Å². The molecule has 2 N–H and O–H groups in total. The van der Waals surface area contributed by atoms with Crippen molar-refractivity contribution in [3.63, 3.8) is 0 Å². The van der Waals surface area contributed by atoms with Crippen LogP contribution in [0.4, 0.5) is 5.69 Å². The van der Waals surface area contributed by atoms with Crippen molar-refractivity contribution < 1.29 is 9.59 Å². The van der Waals surface area contributed by atoms with Crippen LogP contribution in [0.2, 0.25) is 5.02 Å². The molecular weight excluding hydrogens is 614 g/mol. The van der Waals surface area contributed by atoms with Crippen molar-refractivity contribution in [3.8, 4) is 0 Å². The summed E-state index contributed by atoms with van der Waals surface area (Å²) in [4.78, 5) is 24.2.